The Bertz CT molecular complexity index is 1500. The summed E-state index contributed by atoms with van der Waals surface area (Å²) in [5, 5.41) is 7.71. The number of halogens is 1. The third-order valence-corrected chi connectivity index (χ3v) is 7.95. The Balaban J connectivity index is 1.85. The van der Waals surface area contributed by atoms with Crippen LogP contribution in [0.5, 0.6) is 0 Å². The Morgan fingerprint density at radius 1 is 1.18 bits per heavy atom. The van der Waals surface area contributed by atoms with Gasteiger partial charge in [0.25, 0.3) is 5.91 Å². The number of nitrogens with one attached hydrogen (secondary N) is 1. The van der Waals surface area contributed by atoms with Crippen LogP contribution in [0.1, 0.15) is 32.9 Å². The number of para-hydroxylation sites is 2. The molecule has 10 nitrogen and oxygen atoms in total. The molecule has 3 amide bonds. The third-order valence-electron chi connectivity index (χ3n) is 6.68. The maximum Gasteiger partial charge on any atom is 0.252 e. The first-order chi connectivity index (χ1) is 17.9. The lowest BCUT2D eigenvalue weighted by Crippen LogP contribution is -2.59. The Kier molecular flexibility index (Phi) is 7.93. The number of hydrogen-bond donors (Lipinski definition) is 1. The molecule has 1 aliphatic heterocycles. The van der Waals surface area contributed by atoms with Crippen molar-refractivity contribution >= 4 is 65.8 Å². The molecule has 0 bridgehead atoms. The molecule has 202 valence electrons. The van der Waals surface area contributed by atoms with Crippen molar-refractivity contribution in [3.63, 3.8) is 0 Å². The van der Waals surface area contributed by atoms with Crippen LogP contribution in [0.15, 0.2) is 51.5 Å². The average Bonchev–Trinajstić information content (AvgIpc) is 3.22. The Labute approximate surface area is 229 Å². The molecular formula is C26H29BrN4O6S. The Morgan fingerprint density at radius 3 is 2.53 bits per heavy atom. The molecule has 38 heavy (non-hydrogen) atoms. The van der Waals surface area contributed by atoms with E-state index in [0.29, 0.717) is 34.5 Å². The molecule has 1 aromatic heterocycles. The first kappa shape index (κ1) is 27.8. The smallest absolute Gasteiger partial charge is 0.252 e. The fourth-order valence-electron chi connectivity index (χ4n) is 4.47. The van der Waals surface area contributed by atoms with Gasteiger partial charge in [-0.3, -0.25) is 14.4 Å². The van der Waals surface area contributed by atoms with Crippen molar-refractivity contribution in [3.8, 4) is 0 Å². The fraction of sp³-hybridized carbons (Fsp3) is 0.385. The monoisotopic (exact) mass is 604 g/mol. The summed E-state index contributed by atoms with van der Waals surface area (Å²) in [7, 11) is -3.67. The van der Waals surface area contributed by atoms with Gasteiger partial charge in [-0.1, -0.05) is 47.1 Å². The number of carbonyl (C=O) groups excluding carboxylic acids is 3. The largest absolute Gasteiger partial charge is 0.356 e. The van der Waals surface area contributed by atoms with Gasteiger partial charge in [-0.05, 0) is 43.7 Å². The lowest BCUT2D eigenvalue weighted by atomic mass is 10.0. The summed E-state index contributed by atoms with van der Waals surface area (Å²) in [6, 6.07) is 10.2. The summed E-state index contributed by atoms with van der Waals surface area (Å²) in [5.74, 6) is -2.59. The van der Waals surface area contributed by atoms with Crippen LogP contribution in [0.2, 0.25) is 0 Å². The Morgan fingerprint density at radius 2 is 1.87 bits per heavy atom. The van der Waals surface area contributed by atoms with Gasteiger partial charge in [0.05, 0.1) is 24.0 Å². The molecule has 1 N–H and O–H groups in total. The number of aromatic nitrogens is 1. The minimum absolute atomic E-state index is 0.001000. The van der Waals surface area contributed by atoms with Crippen LogP contribution in [0.3, 0.4) is 0 Å². The van der Waals surface area contributed by atoms with Gasteiger partial charge in [-0.15, -0.1) is 0 Å². The highest BCUT2D eigenvalue weighted by Crippen LogP contribution is 2.37. The van der Waals surface area contributed by atoms with Crippen LogP contribution in [0.4, 0.5) is 11.4 Å². The van der Waals surface area contributed by atoms with E-state index in [-0.39, 0.29) is 18.4 Å². The predicted molar refractivity (Wildman–Crippen MR) is 147 cm³/mol. The van der Waals surface area contributed by atoms with Crippen molar-refractivity contribution in [1.29, 1.82) is 0 Å². The number of sulfone groups is 1. The molecule has 12 heteroatoms. The second-order valence-corrected chi connectivity index (χ2v) is 12.6. The normalized spacial score (nSPS) is 18.7. The highest BCUT2D eigenvalue weighted by molar-refractivity contribution is 9.10. The summed E-state index contributed by atoms with van der Waals surface area (Å²) in [6.07, 6.45) is 1.54. The quantitative estimate of drug-likeness (QED) is 0.437. The molecule has 0 radical (unpaired) electrons. The highest BCUT2D eigenvalue weighted by atomic mass is 79.9. The minimum atomic E-state index is -3.67. The second-order valence-electron chi connectivity index (χ2n) is 9.55. The van der Waals surface area contributed by atoms with Gasteiger partial charge in [0.2, 0.25) is 11.8 Å². The Hall–Kier alpha value is -3.25. The number of amides is 3. The highest BCUT2D eigenvalue weighted by Gasteiger charge is 2.43. The summed E-state index contributed by atoms with van der Waals surface area (Å²) < 4.78 is 30.4. The lowest BCUT2D eigenvalue weighted by molar-refractivity contribution is -0.130. The minimum Gasteiger partial charge on any atom is -0.356 e. The SMILES string of the molecule is CC[C@@H](C)C(=O)N[C@@H]1C(=O)N(Cc2noc3cc(Br)ccc23)c2ccccc2N(C(=O)CS(C)(=O)=O)[C@H]1C. The number of carbonyl (C=O) groups is 3. The molecule has 3 atom stereocenters. The molecule has 0 saturated heterocycles. The number of rotatable bonds is 7. The van der Waals surface area contributed by atoms with E-state index >= 15 is 0 Å². The summed E-state index contributed by atoms with van der Waals surface area (Å²) in [5.41, 5.74) is 1.77. The fourth-order valence-corrected chi connectivity index (χ4v) is 5.39. The number of benzene rings is 2. The van der Waals surface area contributed by atoms with Crippen LogP contribution in [0, 0.1) is 5.92 Å². The molecule has 3 aromatic rings. The first-order valence-electron chi connectivity index (χ1n) is 12.2. The number of hydrogen-bond acceptors (Lipinski definition) is 7. The summed E-state index contributed by atoms with van der Waals surface area (Å²) in [6.45, 7) is 5.24. The molecule has 1 aliphatic rings. The van der Waals surface area contributed by atoms with Crippen molar-refractivity contribution < 1.29 is 27.3 Å². The average molecular weight is 606 g/mol. The van der Waals surface area contributed by atoms with Crippen molar-refractivity contribution in [2.75, 3.05) is 21.8 Å². The van der Waals surface area contributed by atoms with Gasteiger partial charge < -0.3 is 19.6 Å². The lowest BCUT2D eigenvalue weighted by Gasteiger charge is -2.32. The third kappa shape index (κ3) is 5.60. The van der Waals surface area contributed by atoms with Crippen molar-refractivity contribution in [2.45, 2.75) is 45.8 Å². The van der Waals surface area contributed by atoms with Crippen LogP contribution in [-0.4, -0.2) is 55.4 Å². The first-order valence-corrected chi connectivity index (χ1v) is 15.0. The summed E-state index contributed by atoms with van der Waals surface area (Å²) >= 11 is 3.40. The number of fused-ring (bicyclic) bond motifs is 2. The van der Waals surface area contributed by atoms with Gasteiger partial charge in [0, 0.05) is 22.0 Å². The van der Waals surface area contributed by atoms with Crippen molar-refractivity contribution in [3.05, 3.63) is 52.6 Å². The van der Waals surface area contributed by atoms with E-state index in [4.69, 9.17) is 4.52 Å². The standard InChI is InChI=1S/C26H29BrN4O6S/c1-5-15(2)25(33)28-24-16(3)31(23(32)14-38(4,35)36)21-9-7-6-8-20(21)30(26(24)34)13-19-18-11-10-17(27)12-22(18)37-29-19/h6-12,15-16,24H,5,13-14H2,1-4H3,(H,28,33)/t15-,16+,24+/m1/s1. The van der Waals surface area contributed by atoms with Gasteiger partial charge in [0.15, 0.2) is 15.4 Å². The van der Waals surface area contributed by atoms with E-state index in [1.807, 2.05) is 19.1 Å². The van der Waals surface area contributed by atoms with E-state index in [9.17, 15) is 22.8 Å². The molecule has 2 heterocycles. The van der Waals surface area contributed by atoms with Gasteiger partial charge in [-0.2, -0.15) is 0 Å². The van der Waals surface area contributed by atoms with E-state index in [2.05, 4.69) is 26.4 Å². The molecule has 4 rings (SSSR count). The topological polar surface area (TPSA) is 130 Å². The molecule has 0 fully saturated rings. The molecule has 0 saturated carbocycles. The van der Waals surface area contributed by atoms with Crippen LogP contribution < -0.4 is 15.1 Å². The van der Waals surface area contributed by atoms with Gasteiger partial charge >= 0.3 is 0 Å². The van der Waals surface area contributed by atoms with E-state index in [1.54, 1.807) is 44.2 Å². The maximum atomic E-state index is 14.1. The van der Waals surface area contributed by atoms with Crippen molar-refractivity contribution in [2.24, 2.45) is 5.92 Å². The van der Waals surface area contributed by atoms with E-state index in [0.717, 1.165) is 10.7 Å². The van der Waals surface area contributed by atoms with Crippen molar-refractivity contribution in [1.82, 2.24) is 10.5 Å². The van der Waals surface area contributed by atoms with E-state index < -0.39 is 39.5 Å². The van der Waals surface area contributed by atoms with Crippen LogP contribution in [-0.2, 0) is 30.8 Å². The number of nitrogens with zero attached hydrogens (tertiary/aromatic N) is 3. The summed E-state index contributed by atoms with van der Waals surface area (Å²) in [4.78, 5) is 43.2. The van der Waals surface area contributed by atoms with Crippen LogP contribution in [0.25, 0.3) is 11.0 Å². The van der Waals surface area contributed by atoms with Crippen LogP contribution >= 0.6 is 15.9 Å². The molecule has 2 aromatic carbocycles. The molecular weight excluding hydrogens is 576 g/mol. The molecule has 0 spiro atoms. The zero-order chi connectivity index (χ0) is 27.8. The van der Waals surface area contributed by atoms with E-state index in [1.165, 1.54) is 9.80 Å². The zero-order valence-electron chi connectivity index (χ0n) is 21.5. The maximum absolute atomic E-state index is 14.1. The molecule has 0 aliphatic carbocycles. The number of anilines is 2. The van der Waals surface area contributed by atoms with Gasteiger partial charge in [-0.25, -0.2) is 8.42 Å². The predicted octanol–water partition coefficient (Wildman–Crippen LogP) is 3.43. The second kappa shape index (κ2) is 10.9. The zero-order valence-corrected chi connectivity index (χ0v) is 23.9. The molecule has 0 unspecified atom stereocenters. The van der Waals surface area contributed by atoms with Gasteiger partial charge in [0.1, 0.15) is 17.5 Å².